The van der Waals surface area contributed by atoms with Crippen LogP contribution in [0.3, 0.4) is 0 Å². The number of hydrogen-bond acceptors (Lipinski definition) is 5. The number of thiazole rings is 1. The van der Waals surface area contributed by atoms with Gasteiger partial charge in [-0.25, -0.2) is 4.98 Å². The number of carbonyl (C=O) groups excluding carboxylic acids is 2. The zero-order valence-corrected chi connectivity index (χ0v) is 18.3. The Kier molecular flexibility index (Phi) is 5.78. The molecule has 3 aromatic rings. The first-order valence-electron chi connectivity index (χ1n) is 9.36. The number of amides is 1. The number of rotatable bonds is 6. The molecule has 1 amide bonds. The van der Waals surface area contributed by atoms with E-state index in [4.69, 9.17) is 4.74 Å². The molecule has 0 atom stereocenters. The van der Waals surface area contributed by atoms with Gasteiger partial charge in [0.1, 0.15) is 5.75 Å². The highest BCUT2D eigenvalue weighted by Gasteiger charge is 2.28. The number of nitrogens with zero attached hydrogens (tertiary/aromatic N) is 2. The zero-order chi connectivity index (χ0) is 20.4. The van der Waals surface area contributed by atoms with Crippen LogP contribution >= 0.6 is 27.3 Å². The highest BCUT2D eigenvalue weighted by Crippen LogP contribution is 2.36. The Morgan fingerprint density at radius 1 is 1.24 bits per heavy atom. The van der Waals surface area contributed by atoms with E-state index in [2.05, 4.69) is 27.8 Å². The minimum absolute atomic E-state index is 0.0293. The molecule has 1 aliphatic heterocycles. The van der Waals surface area contributed by atoms with Crippen LogP contribution in [0.5, 0.6) is 5.75 Å². The third-order valence-electron chi connectivity index (χ3n) is 4.68. The van der Waals surface area contributed by atoms with Gasteiger partial charge in [-0.15, -0.1) is 11.3 Å². The van der Waals surface area contributed by atoms with Gasteiger partial charge < -0.3 is 4.74 Å². The van der Waals surface area contributed by atoms with Gasteiger partial charge in [-0.2, -0.15) is 0 Å². The van der Waals surface area contributed by atoms with Crippen molar-refractivity contribution in [3.05, 3.63) is 62.9 Å². The Labute approximate surface area is 181 Å². The monoisotopic (exact) mass is 470 g/mol. The van der Waals surface area contributed by atoms with Gasteiger partial charge in [-0.1, -0.05) is 35.0 Å². The summed E-state index contributed by atoms with van der Waals surface area (Å²) >= 11 is 5.00. The van der Waals surface area contributed by atoms with Crippen LogP contribution < -0.4 is 9.64 Å². The average molecular weight is 471 g/mol. The highest BCUT2D eigenvalue weighted by atomic mass is 79.9. The molecule has 2 heterocycles. The van der Waals surface area contributed by atoms with Crippen LogP contribution in [0.25, 0.3) is 11.3 Å². The molecule has 2 aromatic carbocycles. The summed E-state index contributed by atoms with van der Waals surface area (Å²) in [6.45, 7) is 2.03. The van der Waals surface area contributed by atoms with E-state index in [-0.39, 0.29) is 24.8 Å². The van der Waals surface area contributed by atoms with Gasteiger partial charge in [0.05, 0.1) is 22.9 Å². The van der Waals surface area contributed by atoms with Gasteiger partial charge in [0.25, 0.3) is 5.91 Å². The van der Waals surface area contributed by atoms with E-state index >= 15 is 0 Å². The average Bonchev–Trinajstić information content (AvgIpc) is 3.19. The fourth-order valence-electron chi connectivity index (χ4n) is 3.18. The maximum atomic E-state index is 12.7. The first-order chi connectivity index (χ1) is 14.0. The van der Waals surface area contributed by atoms with Crippen LogP contribution in [-0.4, -0.2) is 29.8 Å². The van der Waals surface area contributed by atoms with Crippen LogP contribution in [0.4, 0.5) is 5.69 Å². The standard InChI is InChI=1S/C22H19BrN2O3S/c1-2-3-21-24-17(13-29-21)15-6-9-20-18(10-15)25(22(27)12-28-20)11-19(26)14-4-7-16(23)8-5-14/h4-10,13H,2-3,11-12H2,1H3. The van der Waals surface area contributed by atoms with Gasteiger partial charge in [-0.3, -0.25) is 14.5 Å². The van der Waals surface area contributed by atoms with Crippen molar-refractivity contribution in [2.24, 2.45) is 0 Å². The largest absolute Gasteiger partial charge is 0.482 e. The van der Waals surface area contributed by atoms with Gasteiger partial charge in [0.15, 0.2) is 12.4 Å². The van der Waals surface area contributed by atoms with Crippen molar-refractivity contribution in [3.8, 4) is 17.0 Å². The Hall–Kier alpha value is -2.51. The molecule has 0 bridgehead atoms. The number of carbonyl (C=O) groups is 2. The molecule has 0 saturated carbocycles. The normalized spacial score (nSPS) is 13.2. The number of anilines is 1. The molecular formula is C22H19BrN2O3S. The molecule has 0 fully saturated rings. The van der Waals surface area contributed by atoms with Crippen molar-refractivity contribution in [1.82, 2.24) is 4.98 Å². The molecule has 7 heteroatoms. The summed E-state index contributed by atoms with van der Waals surface area (Å²) in [5, 5.41) is 3.12. The van der Waals surface area contributed by atoms with Crippen molar-refractivity contribution in [2.45, 2.75) is 19.8 Å². The van der Waals surface area contributed by atoms with E-state index in [1.54, 1.807) is 23.5 Å². The lowest BCUT2D eigenvalue weighted by atomic mass is 10.1. The smallest absolute Gasteiger partial charge is 0.265 e. The highest BCUT2D eigenvalue weighted by molar-refractivity contribution is 9.10. The minimum atomic E-state index is -0.231. The maximum Gasteiger partial charge on any atom is 0.265 e. The lowest BCUT2D eigenvalue weighted by molar-refractivity contribution is -0.121. The molecule has 0 saturated heterocycles. The molecule has 0 unspecified atom stereocenters. The number of fused-ring (bicyclic) bond motifs is 1. The summed E-state index contributed by atoms with van der Waals surface area (Å²) in [4.78, 5) is 31.5. The maximum absolute atomic E-state index is 12.7. The third-order valence-corrected chi connectivity index (χ3v) is 6.12. The van der Waals surface area contributed by atoms with E-state index in [0.29, 0.717) is 17.0 Å². The minimum Gasteiger partial charge on any atom is -0.482 e. The molecule has 5 nitrogen and oxygen atoms in total. The van der Waals surface area contributed by atoms with Crippen LogP contribution in [0.1, 0.15) is 28.7 Å². The second kappa shape index (κ2) is 8.47. The lowest BCUT2D eigenvalue weighted by Crippen LogP contribution is -2.42. The van der Waals surface area contributed by atoms with E-state index < -0.39 is 0 Å². The quantitative estimate of drug-likeness (QED) is 0.468. The van der Waals surface area contributed by atoms with Gasteiger partial charge in [-0.05, 0) is 43.2 Å². The predicted molar refractivity (Wildman–Crippen MR) is 118 cm³/mol. The number of Topliss-reactive ketones (excluding diaryl/α,β-unsaturated/α-hetero) is 1. The van der Waals surface area contributed by atoms with E-state index in [0.717, 1.165) is 33.6 Å². The summed E-state index contributed by atoms with van der Waals surface area (Å²) in [6.07, 6.45) is 2.00. The van der Waals surface area contributed by atoms with E-state index in [9.17, 15) is 9.59 Å². The number of benzene rings is 2. The predicted octanol–water partition coefficient (Wildman–Crippen LogP) is 5.13. The van der Waals surface area contributed by atoms with Crippen molar-refractivity contribution in [2.75, 3.05) is 18.1 Å². The summed E-state index contributed by atoms with van der Waals surface area (Å²) in [7, 11) is 0. The van der Waals surface area contributed by atoms with Gasteiger partial charge >= 0.3 is 0 Å². The van der Waals surface area contributed by atoms with Crippen LogP contribution in [0.2, 0.25) is 0 Å². The Balaban J connectivity index is 1.63. The molecule has 0 aliphatic carbocycles. The first-order valence-corrected chi connectivity index (χ1v) is 11.0. The molecular weight excluding hydrogens is 452 g/mol. The van der Waals surface area contributed by atoms with Crippen molar-refractivity contribution in [3.63, 3.8) is 0 Å². The SMILES string of the molecule is CCCc1nc(-c2ccc3c(c2)N(CC(=O)c2ccc(Br)cc2)C(=O)CO3)cs1. The van der Waals surface area contributed by atoms with Crippen LogP contribution in [-0.2, 0) is 11.2 Å². The first kappa shape index (κ1) is 19.8. The lowest BCUT2D eigenvalue weighted by Gasteiger charge is -2.29. The molecule has 0 N–H and O–H groups in total. The summed E-state index contributed by atoms with van der Waals surface area (Å²) in [5.74, 6) is 0.244. The summed E-state index contributed by atoms with van der Waals surface area (Å²) < 4.78 is 6.48. The second-order valence-corrected chi connectivity index (χ2v) is 8.62. The van der Waals surface area contributed by atoms with Crippen molar-refractivity contribution in [1.29, 1.82) is 0 Å². The number of aryl methyl sites for hydroxylation is 1. The summed E-state index contributed by atoms with van der Waals surface area (Å²) in [6, 6.07) is 12.8. The fraction of sp³-hybridized carbons (Fsp3) is 0.227. The van der Waals surface area contributed by atoms with Gasteiger partial charge in [0, 0.05) is 21.0 Å². The molecule has 0 radical (unpaired) electrons. The van der Waals surface area contributed by atoms with E-state index in [1.807, 2.05) is 35.7 Å². The molecule has 1 aliphatic rings. The third kappa shape index (κ3) is 4.26. The van der Waals surface area contributed by atoms with E-state index in [1.165, 1.54) is 4.90 Å². The zero-order valence-electron chi connectivity index (χ0n) is 15.9. The Bertz CT molecular complexity index is 1060. The second-order valence-electron chi connectivity index (χ2n) is 6.76. The molecule has 4 rings (SSSR count). The van der Waals surface area contributed by atoms with Crippen molar-refractivity contribution >= 4 is 44.6 Å². The number of halogens is 1. The summed E-state index contributed by atoms with van der Waals surface area (Å²) in [5.41, 5.74) is 2.95. The molecule has 1 aromatic heterocycles. The number of aromatic nitrogens is 1. The van der Waals surface area contributed by atoms with Crippen molar-refractivity contribution < 1.29 is 14.3 Å². The number of hydrogen-bond donors (Lipinski definition) is 0. The molecule has 29 heavy (non-hydrogen) atoms. The fourth-order valence-corrected chi connectivity index (χ4v) is 4.35. The Morgan fingerprint density at radius 2 is 2.03 bits per heavy atom. The van der Waals surface area contributed by atoms with Crippen LogP contribution in [0, 0.1) is 0 Å². The topological polar surface area (TPSA) is 59.5 Å². The number of ketones is 1. The molecule has 0 spiro atoms. The Morgan fingerprint density at radius 3 is 2.79 bits per heavy atom. The van der Waals surface area contributed by atoms with Gasteiger partial charge in [0.2, 0.25) is 0 Å². The number of ether oxygens (including phenoxy) is 1. The van der Waals surface area contributed by atoms with Crippen LogP contribution in [0.15, 0.2) is 52.3 Å². The molecule has 148 valence electrons.